The fraction of sp³-hybridized carbons (Fsp3) is 0.209. The summed E-state index contributed by atoms with van der Waals surface area (Å²) in [6.45, 7) is 0.506. The van der Waals surface area contributed by atoms with E-state index in [1.807, 2.05) is 60.7 Å². The average molecular weight is 777 g/mol. The lowest BCUT2D eigenvalue weighted by Crippen LogP contribution is -2.36. The minimum Gasteiger partial charge on any atom is -0.457 e. The number of Topliss-reactive ketones (excluding diaryl/α,β-unsaturated/α-hetero) is 3. The Bertz CT molecular complexity index is 2290. The number of ether oxygens (including phenoxy) is 1. The van der Waals surface area contributed by atoms with E-state index < -0.39 is 23.4 Å². The topological polar surface area (TPSA) is 138 Å². The summed E-state index contributed by atoms with van der Waals surface area (Å²) in [6, 6.07) is 32.4. The van der Waals surface area contributed by atoms with Crippen LogP contribution in [0.2, 0.25) is 0 Å². The van der Waals surface area contributed by atoms with E-state index in [4.69, 9.17) is 4.74 Å². The molecule has 8 rings (SSSR count). The first kappa shape index (κ1) is 38.9. The van der Waals surface area contributed by atoms with Gasteiger partial charge in [0.15, 0.2) is 0 Å². The molecule has 2 aromatic heterocycles. The Morgan fingerprint density at radius 3 is 1.96 bits per heavy atom. The molecule has 2 N–H and O–H groups in total. The zero-order chi connectivity index (χ0) is 36.3. The Morgan fingerprint density at radius 1 is 0.618 bits per heavy atom. The van der Waals surface area contributed by atoms with Gasteiger partial charge < -0.3 is 19.6 Å². The summed E-state index contributed by atoms with van der Waals surface area (Å²) in [7, 11) is 0. The van der Waals surface area contributed by atoms with E-state index in [0.717, 1.165) is 48.2 Å². The van der Waals surface area contributed by atoms with E-state index in [-0.39, 0.29) is 42.6 Å². The van der Waals surface area contributed by atoms with Crippen LogP contribution in [0.1, 0.15) is 76.4 Å². The van der Waals surface area contributed by atoms with Crippen molar-refractivity contribution in [1.82, 2.24) is 24.8 Å². The van der Waals surface area contributed by atoms with Crippen LogP contribution in [0.15, 0.2) is 122 Å². The molecule has 1 aliphatic carbocycles. The van der Waals surface area contributed by atoms with Gasteiger partial charge in [0.25, 0.3) is 5.91 Å². The Kier molecular flexibility index (Phi) is 12.1. The van der Waals surface area contributed by atoms with E-state index in [1.165, 1.54) is 0 Å². The van der Waals surface area contributed by atoms with Crippen LogP contribution in [0, 0.1) is 5.92 Å². The molecule has 0 radical (unpaired) electrons. The Morgan fingerprint density at radius 2 is 1.25 bits per heavy atom. The predicted octanol–water partition coefficient (Wildman–Crippen LogP) is 8.98. The summed E-state index contributed by atoms with van der Waals surface area (Å²) in [5, 5.41) is 0. The molecule has 55 heavy (non-hydrogen) atoms. The van der Waals surface area contributed by atoms with Gasteiger partial charge in [-0.3, -0.25) is 19.2 Å². The highest BCUT2D eigenvalue weighted by molar-refractivity contribution is 6.44. The van der Waals surface area contributed by atoms with Crippen LogP contribution in [0.3, 0.4) is 0 Å². The lowest BCUT2D eigenvalue weighted by atomic mass is 9.87. The first-order valence-electron chi connectivity index (χ1n) is 18.0. The van der Waals surface area contributed by atoms with Gasteiger partial charge in [-0.05, 0) is 67.6 Å². The summed E-state index contributed by atoms with van der Waals surface area (Å²) in [5.74, 6) is 0.312. The number of nitrogens with one attached hydrogen (secondary N) is 2. The fourth-order valence-corrected chi connectivity index (χ4v) is 7.53. The third-order valence-corrected chi connectivity index (χ3v) is 10.3. The van der Waals surface area contributed by atoms with Crippen molar-refractivity contribution in [2.45, 2.75) is 44.1 Å². The molecule has 6 aromatic rings. The van der Waals surface area contributed by atoms with Crippen LogP contribution >= 0.6 is 24.8 Å². The first-order chi connectivity index (χ1) is 25.9. The van der Waals surface area contributed by atoms with Gasteiger partial charge in [0, 0.05) is 35.1 Å². The number of imidazole rings is 2. The maximum atomic E-state index is 13.2. The zero-order valence-corrected chi connectivity index (χ0v) is 31.4. The van der Waals surface area contributed by atoms with Crippen LogP contribution in [0.25, 0.3) is 22.5 Å². The number of halogens is 2. The lowest BCUT2D eigenvalue weighted by molar-refractivity contribution is -0.127. The molecule has 3 heterocycles. The Balaban J connectivity index is 0.00000257. The van der Waals surface area contributed by atoms with Crippen LogP contribution in [0.4, 0.5) is 0 Å². The number of carbonyl (C=O) groups is 4. The molecule has 1 saturated heterocycles. The molecule has 1 saturated carbocycles. The number of H-pyrrole nitrogens is 2. The monoisotopic (exact) mass is 775 g/mol. The summed E-state index contributed by atoms with van der Waals surface area (Å²) < 4.78 is 6.22. The molecule has 1 unspecified atom stereocenters. The minimum atomic E-state index is -0.513. The fourth-order valence-electron chi connectivity index (χ4n) is 7.53. The standard InChI is InChI=1S/C43H37N5O5.2ClH/c49-38(28-10-3-1-4-11-28)40(51)33-16-8-17-34(33)41-44-26-36(46-41)30-14-7-15-32(24-30)53-31-21-19-27(20-22-31)35-25-45-42(47-35)37-18-9-23-48(37)43(52)39(50)29-12-5-2-6-13-29;;/h1-7,10-15,19-22,24-26,33-34,37H,8-9,16-18,23H2,(H,44,46)(H,45,47);2*1H/t33?,34-,37+;;/m1../s1. The van der Waals surface area contributed by atoms with Gasteiger partial charge in [-0.25, -0.2) is 9.97 Å². The maximum absolute atomic E-state index is 13.2. The van der Waals surface area contributed by atoms with Crippen molar-refractivity contribution in [3.8, 4) is 34.0 Å². The van der Waals surface area contributed by atoms with Crippen molar-refractivity contribution in [2.24, 2.45) is 5.92 Å². The van der Waals surface area contributed by atoms with Crippen LogP contribution in [0.5, 0.6) is 11.5 Å². The second-order valence-corrected chi connectivity index (χ2v) is 13.6. The van der Waals surface area contributed by atoms with E-state index >= 15 is 0 Å². The van der Waals surface area contributed by atoms with Gasteiger partial charge >= 0.3 is 0 Å². The number of carbonyl (C=O) groups excluding carboxylic acids is 4. The van der Waals surface area contributed by atoms with Crippen molar-refractivity contribution >= 4 is 48.1 Å². The second kappa shape index (κ2) is 17.1. The average Bonchev–Trinajstić information content (AvgIpc) is 4.05. The molecule has 2 fully saturated rings. The lowest BCUT2D eigenvalue weighted by Gasteiger charge is -2.22. The minimum absolute atomic E-state index is 0. The first-order valence-corrected chi connectivity index (χ1v) is 18.0. The van der Waals surface area contributed by atoms with Crippen molar-refractivity contribution in [1.29, 1.82) is 0 Å². The second-order valence-electron chi connectivity index (χ2n) is 13.6. The van der Waals surface area contributed by atoms with Crippen LogP contribution in [-0.4, -0.2) is 54.6 Å². The van der Waals surface area contributed by atoms with Crippen molar-refractivity contribution in [2.75, 3.05) is 6.54 Å². The van der Waals surface area contributed by atoms with Gasteiger partial charge in [-0.1, -0.05) is 79.2 Å². The van der Waals surface area contributed by atoms with Crippen LogP contribution < -0.4 is 4.74 Å². The number of aromatic nitrogens is 4. The molecular formula is C43H39Cl2N5O5. The van der Waals surface area contributed by atoms with Crippen molar-refractivity contribution in [3.63, 3.8) is 0 Å². The van der Waals surface area contributed by atoms with E-state index in [2.05, 4.69) is 19.9 Å². The number of hydrogen-bond donors (Lipinski definition) is 2. The van der Waals surface area contributed by atoms with Gasteiger partial charge in [0.1, 0.15) is 23.1 Å². The van der Waals surface area contributed by atoms with Gasteiger partial charge in [-0.15, -0.1) is 24.8 Å². The smallest absolute Gasteiger partial charge is 0.295 e. The third-order valence-electron chi connectivity index (χ3n) is 10.3. The molecular weight excluding hydrogens is 737 g/mol. The van der Waals surface area contributed by atoms with Gasteiger partial charge in [0.05, 0.1) is 29.8 Å². The molecule has 1 aliphatic heterocycles. The predicted molar refractivity (Wildman–Crippen MR) is 213 cm³/mol. The quantitative estimate of drug-likeness (QED) is 0.0990. The highest BCUT2D eigenvalue weighted by Gasteiger charge is 2.39. The molecule has 0 spiro atoms. The van der Waals surface area contributed by atoms with Gasteiger partial charge in [-0.2, -0.15) is 0 Å². The molecule has 2 aliphatic rings. The van der Waals surface area contributed by atoms with Gasteiger partial charge in [0.2, 0.25) is 17.3 Å². The number of hydrogen-bond acceptors (Lipinski definition) is 7. The number of rotatable bonds is 11. The molecule has 12 heteroatoms. The Labute approximate surface area is 330 Å². The molecule has 280 valence electrons. The number of ketones is 3. The molecule has 4 aromatic carbocycles. The molecule has 0 bridgehead atoms. The summed E-state index contributed by atoms with van der Waals surface area (Å²) in [5.41, 5.74) is 4.19. The Hall–Kier alpha value is -5.84. The van der Waals surface area contributed by atoms with E-state index in [9.17, 15) is 19.2 Å². The number of likely N-dealkylation sites (tertiary alicyclic amines) is 1. The molecule has 10 nitrogen and oxygen atoms in total. The molecule has 1 amide bonds. The van der Waals surface area contributed by atoms with Crippen molar-refractivity contribution in [3.05, 3.63) is 144 Å². The van der Waals surface area contributed by atoms with E-state index in [0.29, 0.717) is 47.2 Å². The normalized spacial score (nSPS) is 17.5. The van der Waals surface area contributed by atoms with Crippen LogP contribution in [-0.2, 0) is 9.59 Å². The highest BCUT2D eigenvalue weighted by atomic mass is 35.5. The summed E-state index contributed by atoms with van der Waals surface area (Å²) in [6.07, 6.45) is 7.35. The summed E-state index contributed by atoms with van der Waals surface area (Å²) in [4.78, 5) is 69.8. The van der Waals surface area contributed by atoms with E-state index in [1.54, 1.807) is 65.8 Å². The number of nitrogens with zero attached hydrogens (tertiary/aromatic N) is 3. The largest absolute Gasteiger partial charge is 0.457 e. The number of aromatic amines is 2. The highest BCUT2D eigenvalue weighted by Crippen LogP contribution is 2.40. The maximum Gasteiger partial charge on any atom is 0.295 e. The number of benzene rings is 4. The third kappa shape index (κ3) is 8.16. The molecule has 3 atom stereocenters. The zero-order valence-electron chi connectivity index (χ0n) is 29.7. The summed E-state index contributed by atoms with van der Waals surface area (Å²) >= 11 is 0. The SMILES string of the molecule is Cl.Cl.O=C(C(=O)C1CCC[C@H]1c1ncc(-c2cccc(Oc3ccc(-c4cnc([C@@H]5CCCN5C(=O)C(=O)c5ccccc5)[nH]4)cc3)c2)[nH]1)c1ccccc1. The number of amides is 1. The van der Waals surface area contributed by atoms with Crippen molar-refractivity contribution < 1.29 is 23.9 Å².